The number of carbonyl (C=O) groups is 4. The number of benzene rings is 2. The van der Waals surface area contributed by atoms with E-state index in [1.807, 2.05) is 70.7 Å². The van der Waals surface area contributed by atoms with Crippen molar-refractivity contribution in [2.45, 2.75) is 91.4 Å². The van der Waals surface area contributed by atoms with E-state index in [-0.39, 0.29) is 23.9 Å². The van der Waals surface area contributed by atoms with E-state index in [0.717, 1.165) is 64.2 Å². The van der Waals surface area contributed by atoms with Crippen LogP contribution in [0.25, 0.3) is 33.6 Å². The summed E-state index contributed by atoms with van der Waals surface area (Å²) in [6.45, 7) is 12.5. The zero-order valence-corrected chi connectivity index (χ0v) is 33.6. The van der Waals surface area contributed by atoms with Crippen molar-refractivity contribution in [1.29, 1.82) is 0 Å². The fourth-order valence-corrected chi connectivity index (χ4v) is 8.00. The van der Waals surface area contributed by atoms with Crippen LogP contribution in [-0.2, 0) is 14.3 Å². The maximum Gasteiger partial charge on any atom is 0.407 e. The van der Waals surface area contributed by atoms with Crippen molar-refractivity contribution in [1.82, 2.24) is 40.0 Å². The van der Waals surface area contributed by atoms with Gasteiger partial charge in [0.25, 0.3) is 0 Å². The van der Waals surface area contributed by atoms with Gasteiger partial charge in [-0.15, -0.1) is 0 Å². The number of rotatable bonds is 9. The lowest BCUT2D eigenvalue weighted by atomic mass is 9.84. The van der Waals surface area contributed by atoms with Gasteiger partial charge in [-0.1, -0.05) is 90.1 Å². The maximum absolute atomic E-state index is 13.8. The highest BCUT2D eigenvalue weighted by molar-refractivity contribution is 5.87. The molecule has 4 aromatic rings. The summed E-state index contributed by atoms with van der Waals surface area (Å²) in [7, 11) is 2.74. The predicted octanol–water partition coefficient (Wildman–Crippen LogP) is 7.26. The number of hydrogen-bond donors (Lipinski definition) is 4. The molecule has 0 unspecified atom stereocenters. The Bertz CT molecular complexity index is 2040. The number of aromatic amines is 2. The SMILES string of the molecule is COC(=O)N[C@H](C(=O)N1CCC[C@H]1c1ncc(-c2ccc(-c3ccc(-c4cnc([C@@H]5CCCN5C(=O)[C@@H](N(C)C(=O)O)C(C)(C)C)[nH]4)cc3)cc2)[nH]1)C(C)(C)C. The Kier molecular flexibility index (Phi) is 11.3. The second-order valence-electron chi connectivity index (χ2n) is 17.0. The maximum atomic E-state index is 13.8. The smallest absolute Gasteiger partial charge is 0.407 e. The Morgan fingerprint density at radius 2 is 1.18 bits per heavy atom. The third kappa shape index (κ3) is 8.29. The van der Waals surface area contributed by atoms with E-state index in [1.54, 1.807) is 17.3 Å². The van der Waals surface area contributed by atoms with E-state index in [2.05, 4.69) is 49.5 Å². The Morgan fingerprint density at radius 3 is 1.57 bits per heavy atom. The van der Waals surface area contributed by atoms with Gasteiger partial charge in [-0.05, 0) is 58.8 Å². The van der Waals surface area contributed by atoms with Crippen LogP contribution in [0.5, 0.6) is 0 Å². The molecule has 0 aliphatic carbocycles. The van der Waals surface area contributed by atoms with Crippen LogP contribution < -0.4 is 5.32 Å². The topological polar surface area (TPSA) is 177 Å². The van der Waals surface area contributed by atoms with Crippen molar-refractivity contribution in [3.05, 3.63) is 72.6 Å². The summed E-state index contributed by atoms with van der Waals surface area (Å²) >= 11 is 0. The molecule has 2 aliphatic heterocycles. The van der Waals surface area contributed by atoms with E-state index < -0.39 is 35.1 Å². The summed E-state index contributed by atoms with van der Waals surface area (Å²) in [5.74, 6) is 1.04. The summed E-state index contributed by atoms with van der Waals surface area (Å²) in [4.78, 5) is 72.4. The molecule has 2 fully saturated rings. The lowest BCUT2D eigenvalue weighted by Crippen LogP contribution is -2.54. The zero-order chi connectivity index (χ0) is 40.5. The lowest BCUT2D eigenvalue weighted by molar-refractivity contribution is -0.141. The average molecular weight is 767 g/mol. The molecule has 56 heavy (non-hydrogen) atoms. The molecular weight excluding hydrogens is 713 g/mol. The molecule has 0 bridgehead atoms. The third-order valence-electron chi connectivity index (χ3n) is 10.9. The monoisotopic (exact) mass is 766 g/mol. The molecule has 14 nitrogen and oxygen atoms in total. The van der Waals surface area contributed by atoms with Gasteiger partial charge in [-0.2, -0.15) is 0 Å². The second kappa shape index (κ2) is 15.8. The molecule has 6 rings (SSSR count). The number of carboxylic acid groups (broad SMARTS) is 1. The number of likely N-dealkylation sites (N-methyl/N-ethyl adjacent to an activating group) is 1. The minimum absolute atomic E-state index is 0.156. The summed E-state index contributed by atoms with van der Waals surface area (Å²) in [6.07, 6.45) is 4.97. The van der Waals surface area contributed by atoms with Gasteiger partial charge in [0.05, 0.1) is 43.0 Å². The average Bonchev–Trinajstić information content (AvgIpc) is 3.99. The van der Waals surface area contributed by atoms with E-state index in [4.69, 9.17) is 4.74 Å². The van der Waals surface area contributed by atoms with Crippen molar-refractivity contribution in [2.75, 3.05) is 27.2 Å². The van der Waals surface area contributed by atoms with Gasteiger partial charge in [0.2, 0.25) is 11.8 Å². The molecule has 14 heteroatoms. The van der Waals surface area contributed by atoms with Crippen LogP contribution in [0, 0.1) is 10.8 Å². The van der Waals surface area contributed by atoms with E-state index in [1.165, 1.54) is 14.2 Å². The number of methoxy groups -OCH3 is 1. The molecule has 4 atom stereocenters. The molecule has 4 N–H and O–H groups in total. The first-order chi connectivity index (χ1) is 26.5. The summed E-state index contributed by atoms with van der Waals surface area (Å²) in [6, 6.07) is 14.4. The number of hydrogen-bond acceptors (Lipinski definition) is 7. The number of imidazole rings is 2. The third-order valence-corrected chi connectivity index (χ3v) is 10.9. The Hall–Kier alpha value is -5.66. The number of H-pyrrole nitrogens is 2. The van der Waals surface area contributed by atoms with Crippen molar-refractivity contribution < 1.29 is 29.0 Å². The summed E-state index contributed by atoms with van der Waals surface area (Å²) < 4.78 is 4.80. The van der Waals surface area contributed by atoms with Crippen LogP contribution >= 0.6 is 0 Å². The Morgan fingerprint density at radius 1 is 0.750 bits per heavy atom. The van der Waals surface area contributed by atoms with Crippen LogP contribution in [0.15, 0.2) is 60.9 Å². The van der Waals surface area contributed by atoms with Crippen LogP contribution in [-0.4, -0.2) is 103 Å². The van der Waals surface area contributed by atoms with Crippen molar-refractivity contribution >= 4 is 24.0 Å². The van der Waals surface area contributed by atoms with Gasteiger partial charge in [-0.3, -0.25) is 14.5 Å². The summed E-state index contributed by atoms with van der Waals surface area (Å²) in [5, 5.41) is 12.4. The highest BCUT2D eigenvalue weighted by atomic mass is 16.5. The first-order valence-electron chi connectivity index (χ1n) is 19.2. The van der Waals surface area contributed by atoms with E-state index in [0.29, 0.717) is 24.7 Å². The van der Waals surface area contributed by atoms with Crippen molar-refractivity contribution in [3.63, 3.8) is 0 Å². The highest BCUT2D eigenvalue weighted by Gasteiger charge is 2.44. The number of likely N-dealkylation sites (tertiary alicyclic amines) is 2. The number of ether oxygens (including phenoxy) is 1. The molecule has 2 aromatic heterocycles. The number of carbonyl (C=O) groups excluding carboxylic acids is 3. The van der Waals surface area contributed by atoms with Gasteiger partial charge >= 0.3 is 12.2 Å². The normalized spacial score (nSPS) is 18.4. The first-order valence-corrected chi connectivity index (χ1v) is 19.2. The predicted molar refractivity (Wildman–Crippen MR) is 212 cm³/mol. The fraction of sp³-hybridized carbons (Fsp3) is 0.476. The van der Waals surface area contributed by atoms with Crippen molar-refractivity contribution in [2.24, 2.45) is 10.8 Å². The largest absolute Gasteiger partial charge is 0.465 e. The molecule has 4 amide bonds. The molecule has 0 spiro atoms. The molecule has 0 saturated carbocycles. The standard InChI is InChI=1S/C42H54N8O6/c1-41(2,3)33(47-39(53)56-8)37(51)49-21-9-11-31(49)35-43-23-29(45-35)27-17-13-25(14-18-27)26-15-19-28(20-16-26)30-24-44-36(46-30)32-12-10-22-50(32)38(52)34(42(4,5)6)48(7)40(54)55/h13-20,23-24,31-34H,9-12,21-22H2,1-8H3,(H,43,45)(H,44,46)(H,47,53)(H,54,55)/t31-,32-,33+,34+/m0/s1. The van der Waals surface area contributed by atoms with Crippen LogP contribution in [0.3, 0.4) is 0 Å². The number of nitrogens with one attached hydrogen (secondary N) is 3. The Balaban J connectivity index is 1.12. The minimum atomic E-state index is -1.13. The van der Waals surface area contributed by atoms with Crippen molar-refractivity contribution in [3.8, 4) is 33.6 Å². The molecule has 298 valence electrons. The number of amides is 4. The van der Waals surface area contributed by atoms with Crippen LogP contribution in [0.4, 0.5) is 9.59 Å². The van der Waals surface area contributed by atoms with Crippen LogP contribution in [0.1, 0.15) is 91.0 Å². The van der Waals surface area contributed by atoms with Gasteiger partial charge in [-0.25, -0.2) is 19.6 Å². The Labute approximate surface area is 328 Å². The van der Waals surface area contributed by atoms with Gasteiger partial charge in [0.1, 0.15) is 23.7 Å². The number of nitrogens with zero attached hydrogens (tertiary/aromatic N) is 5. The molecule has 2 saturated heterocycles. The number of aromatic nitrogens is 4. The van der Waals surface area contributed by atoms with Gasteiger partial charge in [0.15, 0.2) is 0 Å². The molecular formula is C42H54N8O6. The zero-order valence-electron chi connectivity index (χ0n) is 33.6. The van der Waals surface area contributed by atoms with Gasteiger partial charge in [0, 0.05) is 20.1 Å². The first kappa shape index (κ1) is 40.0. The molecule has 0 radical (unpaired) electrons. The quantitative estimate of drug-likeness (QED) is 0.138. The fourth-order valence-electron chi connectivity index (χ4n) is 8.00. The molecule has 4 heterocycles. The van der Waals surface area contributed by atoms with E-state index >= 15 is 0 Å². The minimum Gasteiger partial charge on any atom is -0.465 e. The van der Waals surface area contributed by atoms with E-state index in [9.17, 15) is 24.3 Å². The van der Waals surface area contributed by atoms with Crippen LogP contribution in [0.2, 0.25) is 0 Å². The molecule has 2 aromatic carbocycles. The summed E-state index contributed by atoms with van der Waals surface area (Å²) in [5.41, 5.74) is 4.60. The lowest BCUT2D eigenvalue weighted by Gasteiger charge is -2.38. The van der Waals surface area contributed by atoms with Gasteiger partial charge < -0.3 is 34.9 Å². The second-order valence-corrected chi connectivity index (χ2v) is 17.0. The molecule has 2 aliphatic rings. The number of alkyl carbamates (subject to hydrolysis) is 1. The highest BCUT2D eigenvalue weighted by Crippen LogP contribution is 2.37.